The first-order valence-corrected chi connectivity index (χ1v) is 6.54. The summed E-state index contributed by atoms with van der Waals surface area (Å²) < 4.78 is 5.50. The summed E-state index contributed by atoms with van der Waals surface area (Å²) in [7, 11) is 1.69. The second-order valence-corrected chi connectivity index (χ2v) is 5.09. The molecule has 0 fully saturated rings. The van der Waals surface area contributed by atoms with Crippen LogP contribution in [0.1, 0.15) is 36.7 Å². The van der Waals surface area contributed by atoms with Crippen LogP contribution in [-0.4, -0.2) is 41.7 Å². The minimum atomic E-state index is -0.521. The van der Waals surface area contributed by atoms with Gasteiger partial charge in [-0.15, -0.1) is 0 Å². The van der Waals surface area contributed by atoms with Gasteiger partial charge in [0.1, 0.15) is 0 Å². The second-order valence-electron chi connectivity index (χ2n) is 5.09. The fourth-order valence-corrected chi connectivity index (χ4v) is 1.71. The van der Waals surface area contributed by atoms with Crippen LogP contribution in [0.25, 0.3) is 0 Å². The molecule has 1 N–H and O–H groups in total. The number of hydrogen-bond donors (Lipinski definition) is 1. The molecule has 1 aromatic rings. The standard InChI is InChI=1S/C15H23NO3/c1-11(2)19-10-13-5-7-14(8-6-13)15(18)16(4)9-12(3)17/h5-8,11-12,17H,9-10H2,1-4H3. The van der Waals surface area contributed by atoms with E-state index in [0.29, 0.717) is 18.7 Å². The van der Waals surface area contributed by atoms with Crippen LogP contribution in [0.15, 0.2) is 24.3 Å². The van der Waals surface area contributed by atoms with Gasteiger partial charge in [-0.3, -0.25) is 4.79 Å². The molecule has 1 atom stereocenters. The van der Waals surface area contributed by atoms with Crippen molar-refractivity contribution in [2.45, 2.75) is 39.6 Å². The summed E-state index contributed by atoms with van der Waals surface area (Å²) in [6.45, 7) is 6.52. The van der Waals surface area contributed by atoms with Crippen molar-refractivity contribution in [3.8, 4) is 0 Å². The fourth-order valence-electron chi connectivity index (χ4n) is 1.71. The topological polar surface area (TPSA) is 49.8 Å². The van der Waals surface area contributed by atoms with Gasteiger partial charge in [-0.1, -0.05) is 12.1 Å². The molecule has 0 saturated heterocycles. The highest BCUT2D eigenvalue weighted by molar-refractivity contribution is 5.94. The van der Waals surface area contributed by atoms with E-state index in [0.717, 1.165) is 5.56 Å². The summed E-state index contributed by atoms with van der Waals surface area (Å²) in [4.78, 5) is 13.6. The number of carbonyl (C=O) groups excluding carboxylic acids is 1. The molecular formula is C15H23NO3. The Morgan fingerprint density at radius 3 is 2.32 bits per heavy atom. The van der Waals surface area contributed by atoms with Crippen LogP contribution in [0.2, 0.25) is 0 Å². The van der Waals surface area contributed by atoms with Crippen molar-refractivity contribution >= 4 is 5.91 Å². The van der Waals surface area contributed by atoms with Gasteiger partial charge in [-0.25, -0.2) is 0 Å². The fraction of sp³-hybridized carbons (Fsp3) is 0.533. The van der Waals surface area contributed by atoms with Gasteiger partial charge in [0.15, 0.2) is 0 Å². The number of ether oxygens (including phenoxy) is 1. The third kappa shape index (κ3) is 5.41. The van der Waals surface area contributed by atoms with Gasteiger partial charge >= 0.3 is 0 Å². The van der Waals surface area contributed by atoms with E-state index in [1.165, 1.54) is 4.90 Å². The molecule has 0 aliphatic rings. The second kappa shape index (κ2) is 7.26. The van der Waals surface area contributed by atoms with E-state index in [1.54, 1.807) is 26.1 Å². The van der Waals surface area contributed by atoms with Crippen LogP contribution in [-0.2, 0) is 11.3 Å². The van der Waals surface area contributed by atoms with E-state index in [2.05, 4.69) is 0 Å². The van der Waals surface area contributed by atoms with Crippen molar-refractivity contribution in [3.63, 3.8) is 0 Å². The minimum absolute atomic E-state index is 0.0859. The SMILES string of the molecule is CC(O)CN(C)C(=O)c1ccc(COC(C)C)cc1. The molecule has 0 heterocycles. The number of nitrogens with zero attached hydrogens (tertiary/aromatic N) is 1. The van der Waals surface area contributed by atoms with Crippen molar-refractivity contribution in [2.75, 3.05) is 13.6 Å². The third-order valence-electron chi connectivity index (χ3n) is 2.67. The van der Waals surface area contributed by atoms with Gasteiger partial charge < -0.3 is 14.7 Å². The zero-order valence-electron chi connectivity index (χ0n) is 12.1. The molecular weight excluding hydrogens is 242 g/mol. The normalized spacial score (nSPS) is 12.5. The molecule has 4 heteroatoms. The van der Waals surface area contributed by atoms with Crippen LogP contribution in [0.4, 0.5) is 0 Å². The number of likely N-dealkylation sites (N-methyl/N-ethyl adjacent to an activating group) is 1. The average Bonchev–Trinajstić information content (AvgIpc) is 2.35. The highest BCUT2D eigenvalue weighted by atomic mass is 16.5. The molecule has 0 aliphatic carbocycles. The Morgan fingerprint density at radius 1 is 1.26 bits per heavy atom. The molecule has 1 amide bonds. The van der Waals surface area contributed by atoms with Gasteiger partial charge in [0.05, 0.1) is 18.8 Å². The zero-order chi connectivity index (χ0) is 14.4. The highest BCUT2D eigenvalue weighted by Crippen LogP contribution is 2.09. The van der Waals surface area contributed by atoms with Gasteiger partial charge in [-0.2, -0.15) is 0 Å². The third-order valence-corrected chi connectivity index (χ3v) is 2.67. The first kappa shape index (κ1) is 15.7. The predicted octanol–water partition coefficient (Wildman–Crippen LogP) is 2.06. The van der Waals surface area contributed by atoms with E-state index < -0.39 is 6.10 Å². The lowest BCUT2D eigenvalue weighted by Gasteiger charge is -2.19. The van der Waals surface area contributed by atoms with Gasteiger partial charge in [-0.05, 0) is 38.5 Å². The highest BCUT2D eigenvalue weighted by Gasteiger charge is 2.13. The molecule has 0 aromatic heterocycles. The maximum absolute atomic E-state index is 12.0. The summed E-state index contributed by atoms with van der Waals surface area (Å²) in [6, 6.07) is 7.37. The Morgan fingerprint density at radius 2 is 1.84 bits per heavy atom. The molecule has 1 unspecified atom stereocenters. The summed E-state index contributed by atoms with van der Waals surface area (Å²) in [6.07, 6.45) is -0.328. The van der Waals surface area contributed by atoms with Gasteiger partial charge in [0, 0.05) is 19.2 Å². The molecule has 1 aromatic carbocycles. The van der Waals surface area contributed by atoms with Gasteiger partial charge in [0.2, 0.25) is 0 Å². The minimum Gasteiger partial charge on any atom is -0.392 e. The van der Waals surface area contributed by atoms with Crippen LogP contribution in [0, 0.1) is 0 Å². The summed E-state index contributed by atoms with van der Waals surface area (Å²) in [5.41, 5.74) is 1.67. The lowest BCUT2D eigenvalue weighted by Crippen LogP contribution is -2.33. The monoisotopic (exact) mass is 265 g/mol. The van der Waals surface area contributed by atoms with Crippen LogP contribution >= 0.6 is 0 Å². The number of aliphatic hydroxyl groups is 1. The van der Waals surface area contributed by atoms with Crippen molar-refractivity contribution in [2.24, 2.45) is 0 Å². The largest absolute Gasteiger partial charge is 0.392 e. The molecule has 1 rings (SSSR count). The number of benzene rings is 1. The summed E-state index contributed by atoms with van der Waals surface area (Å²) in [5.74, 6) is -0.0859. The molecule has 0 saturated carbocycles. The molecule has 106 valence electrons. The predicted molar refractivity (Wildman–Crippen MR) is 75.0 cm³/mol. The van der Waals surface area contributed by atoms with E-state index in [-0.39, 0.29) is 12.0 Å². The Balaban J connectivity index is 2.62. The maximum Gasteiger partial charge on any atom is 0.253 e. The Hall–Kier alpha value is -1.39. The lowest BCUT2D eigenvalue weighted by atomic mass is 10.1. The number of aliphatic hydroxyl groups excluding tert-OH is 1. The molecule has 0 bridgehead atoms. The maximum atomic E-state index is 12.0. The lowest BCUT2D eigenvalue weighted by molar-refractivity contribution is 0.0655. The number of hydrogen-bond acceptors (Lipinski definition) is 3. The first-order valence-electron chi connectivity index (χ1n) is 6.54. The quantitative estimate of drug-likeness (QED) is 0.856. The Labute approximate surface area is 115 Å². The van der Waals surface area contributed by atoms with E-state index in [1.807, 2.05) is 26.0 Å². The molecule has 0 radical (unpaired) electrons. The zero-order valence-corrected chi connectivity index (χ0v) is 12.1. The smallest absolute Gasteiger partial charge is 0.253 e. The van der Waals surface area contributed by atoms with Crippen LogP contribution in [0.3, 0.4) is 0 Å². The number of carbonyl (C=O) groups is 1. The Bertz CT molecular complexity index is 398. The average molecular weight is 265 g/mol. The van der Waals surface area contributed by atoms with Crippen molar-refractivity contribution < 1.29 is 14.6 Å². The molecule has 0 aliphatic heterocycles. The molecule has 4 nitrogen and oxygen atoms in total. The van der Waals surface area contributed by atoms with E-state index in [4.69, 9.17) is 4.74 Å². The number of amides is 1. The summed E-state index contributed by atoms with van der Waals surface area (Å²) in [5, 5.41) is 9.27. The van der Waals surface area contributed by atoms with Crippen molar-refractivity contribution in [1.82, 2.24) is 4.90 Å². The van der Waals surface area contributed by atoms with Crippen LogP contribution in [0.5, 0.6) is 0 Å². The van der Waals surface area contributed by atoms with Crippen LogP contribution < -0.4 is 0 Å². The first-order chi connectivity index (χ1) is 8.90. The van der Waals surface area contributed by atoms with E-state index in [9.17, 15) is 9.90 Å². The van der Waals surface area contributed by atoms with Crippen molar-refractivity contribution in [1.29, 1.82) is 0 Å². The van der Waals surface area contributed by atoms with Gasteiger partial charge in [0.25, 0.3) is 5.91 Å². The van der Waals surface area contributed by atoms with Crippen molar-refractivity contribution in [3.05, 3.63) is 35.4 Å². The van der Waals surface area contributed by atoms with E-state index >= 15 is 0 Å². The molecule has 19 heavy (non-hydrogen) atoms. The summed E-state index contributed by atoms with van der Waals surface area (Å²) >= 11 is 0. The number of rotatable bonds is 6. The Kier molecular flexibility index (Phi) is 5.99. The molecule has 0 spiro atoms.